The van der Waals surface area contributed by atoms with Crippen LogP contribution in [-0.2, 0) is 4.74 Å². The second-order valence-electron chi connectivity index (χ2n) is 4.54. The predicted molar refractivity (Wildman–Crippen MR) is 76.2 cm³/mol. The Labute approximate surface area is 123 Å². The summed E-state index contributed by atoms with van der Waals surface area (Å²) in [6, 6.07) is 6.64. The van der Waals surface area contributed by atoms with Crippen LogP contribution in [0.25, 0.3) is 0 Å². The summed E-state index contributed by atoms with van der Waals surface area (Å²) in [5.41, 5.74) is 0.841. The second-order valence-corrected chi connectivity index (χ2v) is 4.54. The van der Waals surface area contributed by atoms with Crippen molar-refractivity contribution in [1.82, 2.24) is 15.5 Å². The summed E-state index contributed by atoms with van der Waals surface area (Å²) >= 11 is 0. The molecular formula is C14H19N3O4. The molecule has 1 aromatic rings. The summed E-state index contributed by atoms with van der Waals surface area (Å²) in [5, 5.41) is 5.28. The van der Waals surface area contributed by atoms with Gasteiger partial charge in [-0.25, -0.2) is 14.5 Å². The molecule has 0 aromatic heterocycles. The van der Waals surface area contributed by atoms with Crippen molar-refractivity contribution in [1.29, 1.82) is 0 Å². The lowest BCUT2D eigenvalue weighted by Gasteiger charge is -2.20. The van der Waals surface area contributed by atoms with Gasteiger partial charge in [-0.2, -0.15) is 0 Å². The highest BCUT2D eigenvalue weighted by molar-refractivity contribution is 5.94. The number of hydrogen-bond acceptors (Lipinski definition) is 4. The molecule has 1 heterocycles. The molecule has 0 radical (unpaired) electrons. The van der Waals surface area contributed by atoms with E-state index in [0.29, 0.717) is 18.8 Å². The number of benzene rings is 1. The minimum atomic E-state index is -0.429. The number of nitrogens with one attached hydrogen (secondary N) is 2. The first kappa shape index (κ1) is 15.1. The molecule has 21 heavy (non-hydrogen) atoms. The van der Waals surface area contributed by atoms with E-state index in [2.05, 4.69) is 10.6 Å². The van der Waals surface area contributed by atoms with Gasteiger partial charge in [-0.1, -0.05) is 18.2 Å². The van der Waals surface area contributed by atoms with Crippen LogP contribution in [0.1, 0.15) is 11.7 Å². The van der Waals surface area contributed by atoms with E-state index < -0.39 is 6.03 Å². The van der Waals surface area contributed by atoms with E-state index in [4.69, 9.17) is 9.47 Å². The Morgan fingerprint density at radius 2 is 2.19 bits per heavy atom. The van der Waals surface area contributed by atoms with Crippen LogP contribution in [0.4, 0.5) is 9.59 Å². The highest BCUT2D eigenvalue weighted by Crippen LogP contribution is 2.26. The number of carbonyl (C=O) groups excluding carboxylic acids is 2. The van der Waals surface area contributed by atoms with Crippen LogP contribution < -0.4 is 15.4 Å². The maximum Gasteiger partial charge on any atom is 0.325 e. The van der Waals surface area contributed by atoms with Gasteiger partial charge in [-0.15, -0.1) is 0 Å². The molecule has 1 saturated heterocycles. The minimum absolute atomic E-state index is 0.249. The highest BCUT2D eigenvalue weighted by atomic mass is 16.5. The maximum absolute atomic E-state index is 11.9. The number of para-hydroxylation sites is 1. The predicted octanol–water partition coefficient (Wildman–Crippen LogP) is 1.12. The fraction of sp³-hybridized carbons (Fsp3) is 0.429. The van der Waals surface area contributed by atoms with Crippen LogP contribution in [0.3, 0.4) is 0 Å². The third-order valence-corrected chi connectivity index (χ3v) is 3.31. The summed E-state index contributed by atoms with van der Waals surface area (Å²) in [6.07, 6.45) is -0.351. The van der Waals surface area contributed by atoms with Crippen molar-refractivity contribution in [2.45, 2.75) is 6.10 Å². The lowest BCUT2D eigenvalue weighted by molar-refractivity contribution is 0.0999. The van der Waals surface area contributed by atoms with Crippen molar-refractivity contribution < 1.29 is 19.1 Å². The third-order valence-electron chi connectivity index (χ3n) is 3.31. The molecule has 1 aliphatic rings. The number of nitrogens with zero attached hydrogens (tertiary/aromatic N) is 1. The van der Waals surface area contributed by atoms with Gasteiger partial charge >= 0.3 is 12.1 Å². The lowest BCUT2D eigenvalue weighted by Crippen LogP contribution is -2.43. The van der Waals surface area contributed by atoms with Crippen molar-refractivity contribution in [2.75, 3.05) is 33.9 Å². The molecule has 7 heteroatoms. The number of carbonyl (C=O) groups is 2. The van der Waals surface area contributed by atoms with Crippen LogP contribution in [0.5, 0.6) is 5.75 Å². The van der Waals surface area contributed by atoms with Crippen molar-refractivity contribution >= 4 is 12.1 Å². The molecule has 0 saturated carbocycles. The maximum atomic E-state index is 11.9. The van der Waals surface area contributed by atoms with Crippen molar-refractivity contribution in [3.8, 4) is 5.75 Å². The van der Waals surface area contributed by atoms with Crippen molar-refractivity contribution in [2.24, 2.45) is 0 Å². The summed E-state index contributed by atoms with van der Waals surface area (Å²) in [4.78, 5) is 24.5. The van der Waals surface area contributed by atoms with E-state index in [1.165, 1.54) is 0 Å². The molecule has 0 spiro atoms. The molecule has 1 unspecified atom stereocenters. The molecule has 7 nitrogen and oxygen atoms in total. The molecule has 2 N–H and O–H groups in total. The Kier molecular flexibility index (Phi) is 4.99. The molecule has 1 atom stereocenters. The average molecular weight is 293 g/mol. The first-order valence-corrected chi connectivity index (χ1v) is 6.66. The largest absolute Gasteiger partial charge is 0.496 e. The molecular weight excluding hydrogens is 274 g/mol. The zero-order valence-electron chi connectivity index (χ0n) is 12.1. The Balaban J connectivity index is 1.99. The molecule has 114 valence electrons. The molecule has 0 bridgehead atoms. The number of rotatable bonds is 5. The summed E-state index contributed by atoms with van der Waals surface area (Å²) in [7, 11) is 3.14. The van der Waals surface area contributed by atoms with E-state index in [0.717, 1.165) is 10.5 Å². The van der Waals surface area contributed by atoms with Gasteiger partial charge in [0.05, 0.1) is 7.11 Å². The average Bonchev–Trinajstić information content (AvgIpc) is 2.94. The number of hydrogen-bond donors (Lipinski definition) is 2. The first-order valence-electron chi connectivity index (χ1n) is 6.66. The number of methoxy groups -OCH3 is 2. The third kappa shape index (κ3) is 3.43. The summed E-state index contributed by atoms with van der Waals surface area (Å²) in [5.74, 6) is 0.692. The monoisotopic (exact) mass is 293 g/mol. The number of imide groups is 1. The van der Waals surface area contributed by atoms with E-state index >= 15 is 0 Å². The standard InChI is InChI=1S/C14H19N3O4/c1-20-11-6-4-3-5-10(11)12(21-2)9-16-14(19)17-8-7-15-13(17)18/h3-6,12H,7-9H2,1-2H3,(H,15,18)(H,16,19). The quantitative estimate of drug-likeness (QED) is 0.852. The topological polar surface area (TPSA) is 79.9 Å². The Morgan fingerprint density at radius 1 is 1.43 bits per heavy atom. The van der Waals surface area contributed by atoms with Gasteiger partial charge in [-0.3, -0.25) is 0 Å². The first-order chi connectivity index (χ1) is 10.2. The van der Waals surface area contributed by atoms with E-state index in [1.54, 1.807) is 14.2 Å². The van der Waals surface area contributed by atoms with E-state index in [9.17, 15) is 9.59 Å². The smallest absolute Gasteiger partial charge is 0.325 e. The minimum Gasteiger partial charge on any atom is -0.496 e. The summed E-state index contributed by atoms with van der Waals surface area (Å²) in [6.45, 7) is 1.10. The summed E-state index contributed by atoms with van der Waals surface area (Å²) < 4.78 is 10.7. The normalized spacial score (nSPS) is 15.5. The van der Waals surface area contributed by atoms with Crippen LogP contribution in [-0.4, -0.2) is 50.8 Å². The van der Waals surface area contributed by atoms with Gasteiger partial charge in [0, 0.05) is 32.3 Å². The van der Waals surface area contributed by atoms with Crippen LogP contribution in [0.2, 0.25) is 0 Å². The second kappa shape index (κ2) is 6.94. The Bertz CT molecular complexity index is 521. The fourth-order valence-electron chi connectivity index (χ4n) is 2.19. The Morgan fingerprint density at radius 3 is 2.81 bits per heavy atom. The SMILES string of the molecule is COc1ccccc1C(CNC(=O)N1CCNC1=O)OC. The van der Waals surface area contributed by atoms with Gasteiger partial charge in [0.15, 0.2) is 0 Å². The molecule has 1 fully saturated rings. The van der Waals surface area contributed by atoms with Gasteiger partial charge in [0.25, 0.3) is 0 Å². The van der Waals surface area contributed by atoms with Crippen molar-refractivity contribution in [3.05, 3.63) is 29.8 Å². The van der Waals surface area contributed by atoms with Crippen LogP contribution in [0, 0.1) is 0 Å². The van der Waals surface area contributed by atoms with Gasteiger partial charge in [-0.05, 0) is 6.07 Å². The van der Waals surface area contributed by atoms with Gasteiger partial charge in [0.2, 0.25) is 0 Å². The number of ether oxygens (including phenoxy) is 2. The number of amides is 4. The van der Waals surface area contributed by atoms with Crippen LogP contribution >= 0.6 is 0 Å². The molecule has 1 aliphatic heterocycles. The lowest BCUT2D eigenvalue weighted by atomic mass is 10.1. The zero-order valence-corrected chi connectivity index (χ0v) is 12.1. The molecule has 0 aliphatic carbocycles. The fourth-order valence-corrected chi connectivity index (χ4v) is 2.19. The van der Waals surface area contributed by atoms with Gasteiger partial charge < -0.3 is 20.1 Å². The molecule has 4 amide bonds. The van der Waals surface area contributed by atoms with Crippen molar-refractivity contribution in [3.63, 3.8) is 0 Å². The molecule has 1 aromatic carbocycles. The Hall–Kier alpha value is -2.28. The number of urea groups is 2. The van der Waals surface area contributed by atoms with E-state index in [1.807, 2.05) is 24.3 Å². The van der Waals surface area contributed by atoms with Gasteiger partial charge in [0.1, 0.15) is 11.9 Å². The highest BCUT2D eigenvalue weighted by Gasteiger charge is 2.26. The zero-order chi connectivity index (χ0) is 15.2. The van der Waals surface area contributed by atoms with E-state index in [-0.39, 0.29) is 18.7 Å². The molecule has 2 rings (SSSR count). The van der Waals surface area contributed by atoms with Crippen LogP contribution in [0.15, 0.2) is 24.3 Å².